The smallest absolute Gasteiger partial charge is 0.254 e. The maximum atomic E-state index is 12.5. The quantitative estimate of drug-likeness (QED) is 0.280. The van der Waals surface area contributed by atoms with E-state index in [2.05, 4.69) is 25.5 Å². The topological polar surface area (TPSA) is 134 Å². The van der Waals surface area contributed by atoms with E-state index in [0.717, 1.165) is 27.9 Å². The van der Waals surface area contributed by atoms with Crippen molar-refractivity contribution >= 4 is 17.9 Å². The molecule has 31 heavy (non-hydrogen) atoms. The van der Waals surface area contributed by atoms with E-state index in [9.17, 15) is 4.79 Å². The average Bonchev–Trinajstić information content (AvgIpc) is 3.20. The van der Waals surface area contributed by atoms with Crippen molar-refractivity contribution in [2.45, 2.75) is 26.9 Å². The molecule has 1 aromatic carbocycles. The van der Waals surface area contributed by atoms with Gasteiger partial charge in [-0.25, -0.2) is 10.5 Å². The molecule has 0 unspecified atom stereocenters. The number of benzene rings is 1. The minimum absolute atomic E-state index is 0.187. The Morgan fingerprint density at radius 1 is 1.26 bits per heavy atom. The van der Waals surface area contributed by atoms with Crippen molar-refractivity contribution in [3.8, 4) is 0 Å². The molecular weight excluding hydrogens is 392 g/mol. The Labute approximate surface area is 180 Å². The van der Waals surface area contributed by atoms with Gasteiger partial charge in [0.15, 0.2) is 0 Å². The monoisotopic (exact) mass is 418 g/mol. The first-order valence-electron chi connectivity index (χ1n) is 9.91. The van der Waals surface area contributed by atoms with Gasteiger partial charge in [-0.15, -0.1) is 0 Å². The van der Waals surface area contributed by atoms with E-state index in [4.69, 9.17) is 11.3 Å². The Balaban J connectivity index is 1.57. The lowest BCUT2D eigenvalue weighted by Gasteiger charge is -2.11. The standard InChI is InChI=1S/C22H26N8O/c1-15-9-21(23)29-16(2)20(15)12-26-22(31)19-11-28-30(14-19)13-18-5-3-17(4-6-18)10-25-7-8-27-24/h3-6,9-11,14,24H,7-8,12-13H2,1-2H3,(H2,23,29)(H,26,31). The van der Waals surface area contributed by atoms with Crippen molar-refractivity contribution in [2.24, 2.45) is 10.1 Å². The van der Waals surface area contributed by atoms with Gasteiger partial charge in [0, 0.05) is 24.7 Å². The van der Waals surface area contributed by atoms with Gasteiger partial charge in [0.05, 0.1) is 31.4 Å². The number of pyridine rings is 1. The number of aliphatic imine (C=N–C) groups is 1. The predicted octanol–water partition coefficient (Wildman–Crippen LogP) is 2.91. The van der Waals surface area contributed by atoms with Crippen molar-refractivity contribution in [1.29, 1.82) is 5.53 Å². The fourth-order valence-corrected chi connectivity index (χ4v) is 3.17. The van der Waals surface area contributed by atoms with Crippen molar-refractivity contribution in [3.05, 3.63) is 76.2 Å². The first-order valence-corrected chi connectivity index (χ1v) is 9.91. The van der Waals surface area contributed by atoms with Crippen LogP contribution in [0.25, 0.3) is 0 Å². The van der Waals surface area contributed by atoms with Crippen molar-refractivity contribution in [1.82, 2.24) is 20.1 Å². The number of nitrogens with zero attached hydrogens (tertiary/aromatic N) is 5. The summed E-state index contributed by atoms with van der Waals surface area (Å²) in [4.78, 5) is 21.0. The molecule has 0 radical (unpaired) electrons. The fraction of sp³-hybridized carbons (Fsp3) is 0.273. The number of hydrogen-bond acceptors (Lipinski definition) is 7. The van der Waals surface area contributed by atoms with Gasteiger partial charge in [-0.1, -0.05) is 24.3 Å². The highest BCUT2D eigenvalue weighted by Gasteiger charge is 2.11. The summed E-state index contributed by atoms with van der Waals surface area (Å²) in [6.45, 7) is 5.69. The molecule has 0 spiro atoms. The van der Waals surface area contributed by atoms with Gasteiger partial charge in [0.1, 0.15) is 5.82 Å². The molecule has 1 amide bonds. The van der Waals surface area contributed by atoms with Gasteiger partial charge < -0.3 is 11.1 Å². The van der Waals surface area contributed by atoms with Crippen LogP contribution in [0.15, 0.2) is 52.8 Å². The van der Waals surface area contributed by atoms with Crippen LogP contribution >= 0.6 is 0 Å². The summed E-state index contributed by atoms with van der Waals surface area (Å²) in [6.07, 6.45) is 5.07. The summed E-state index contributed by atoms with van der Waals surface area (Å²) in [5.41, 5.74) is 17.8. The third-order valence-electron chi connectivity index (χ3n) is 4.80. The summed E-state index contributed by atoms with van der Waals surface area (Å²) < 4.78 is 1.73. The second-order valence-corrected chi connectivity index (χ2v) is 7.20. The van der Waals surface area contributed by atoms with E-state index in [-0.39, 0.29) is 5.91 Å². The number of carbonyl (C=O) groups is 1. The second kappa shape index (κ2) is 10.2. The maximum absolute atomic E-state index is 12.5. The maximum Gasteiger partial charge on any atom is 0.254 e. The largest absolute Gasteiger partial charge is 0.384 e. The Bertz CT molecular complexity index is 1060. The molecule has 9 heteroatoms. The van der Waals surface area contributed by atoms with E-state index in [1.54, 1.807) is 29.4 Å². The molecule has 2 aromatic heterocycles. The molecule has 2 heterocycles. The second-order valence-electron chi connectivity index (χ2n) is 7.20. The first kappa shape index (κ1) is 21.8. The van der Waals surface area contributed by atoms with Crippen LogP contribution in [0.3, 0.4) is 0 Å². The van der Waals surface area contributed by atoms with Crippen molar-refractivity contribution < 1.29 is 4.79 Å². The van der Waals surface area contributed by atoms with Crippen LogP contribution in [0.4, 0.5) is 5.82 Å². The van der Waals surface area contributed by atoms with Crippen LogP contribution in [0.1, 0.15) is 38.3 Å². The number of nitrogen functional groups attached to an aromatic ring is 1. The molecule has 0 aliphatic carbocycles. The minimum atomic E-state index is -0.187. The van der Waals surface area contributed by atoms with Gasteiger partial charge in [0.2, 0.25) is 0 Å². The molecule has 0 aliphatic heterocycles. The van der Waals surface area contributed by atoms with Gasteiger partial charge in [-0.05, 0) is 42.2 Å². The Morgan fingerprint density at radius 3 is 2.74 bits per heavy atom. The van der Waals surface area contributed by atoms with Gasteiger partial charge in [0.25, 0.3) is 5.91 Å². The third kappa shape index (κ3) is 6.05. The molecule has 0 saturated heterocycles. The number of amides is 1. The Hall–Kier alpha value is -3.88. The number of carbonyl (C=O) groups excluding carboxylic acids is 1. The molecule has 3 rings (SSSR count). The van der Waals surface area contributed by atoms with Crippen LogP contribution in [-0.4, -0.2) is 40.0 Å². The third-order valence-corrected chi connectivity index (χ3v) is 4.80. The van der Waals surface area contributed by atoms with Crippen LogP contribution in [0.5, 0.6) is 0 Å². The molecular formula is C22H26N8O. The van der Waals surface area contributed by atoms with Crippen LogP contribution in [0.2, 0.25) is 0 Å². The molecule has 0 aliphatic rings. The van der Waals surface area contributed by atoms with Crippen molar-refractivity contribution in [2.75, 3.05) is 18.8 Å². The molecule has 0 bridgehead atoms. The van der Waals surface area contributed by atoms with E-state index in [0.29, 0.717) is 37.6 Å². The van der Waals surface area contributed by atoms with Gasteiger partial charge >= 0.3 is 0 Å². The molecule has 0 saturated carbocycles. The highest BCUT2D eigenvalue weighted by atomic mass is 16.1. The van der Waals surface area contributed by atoms with E-state index < -0.39 is 0 Å². The molecule has 3 aromatic rings. The number of aromatic nitrogens is 3. The molecule has 160 valence electrons. The number of hydrogen-bond donors (Lipinski definition) is 3. The van der Waals surface area contributed by atoms with Crippen molar-refractivity contribution in [3.63, 3.8) is 0 Å². The summed E-state index contributed by atoms with van der Waals surface area (Å²) in [6, 6.07) is 9.74. The number of nitrogens with one attached hydrogen (secondary N) is 2. The zero-order valence-corrected chi connectivity index (χ0v) is 17.7. The highest BCUT2D eigenvalue weighted by Crippen LogP contribution is 2.14. The van der Waals surface area contributed by atoms with E-state index in [1.807, 2.05) is 38.1 Å². The normalized spacial score (nSPS) is 11.0. The van der Waals surface area contributed by atoms with E-state index in [1.165, 1.54) is 0 Å². The van der Waals surface area contributed by atoms with Gasteiger partial charge in [-0.3, -0.25) is 14.5 Å². The first-order chi connectivity index (χ1) is 15.0. The van der Waals surface area contributed by atoms with Gasteiger partial charge in [-0.2, -0.15) is 10.2 Å². The lowest BCUT2D eigenvalue weighted by molar-refractivity contribution is 0.0950. The summed E-state index contributed by atoms with van der Waals surface area (Å²) in [5.74, 6) is 0.291. The fourth-order valence-electron chi connectivity index (χ4n) is 3.17. The number of nitrogens with two attached hydrogens (primary N) is 1. The molecule has 4 N–H and O–H groups in total. The SMILES string of the molecule is Cc1cc(N)nc(C)c1CNC(=O)c1cnn(Cc2ccc(C=NCCN=N)cc2)c1. The Kier molecular flexibility index (Phi) is 7.21. The summed E-state index contributed by atoms with van der Waals surface area (Å²) in [5, 5.41) is 10.5. The zero-order chi connectivity index (χ0) is 22.2. The molecule has 0 fully saturated rings. The van der Waals surface area contributed by atoms with Crippen LogP contribution in [0, 0.1) is 19.4 Å². The van der Waals surface area contributed by atoms with E-state index >= 15 is 0 Å². The number of rotatable bonds is 9. The average molecular weight is 419 g/mol. The summed E-state index contributed by atoms with van der Waals surface area (Å²) >= 11 is 0. The summed E-state index contributed by atoms with van der Waals surface area (Å²) in [7, 11) is 0. The molecule has 9 nitrogen and oxygen atoms in total. The number of aryl methyl sites for hydroxylation is 2. The minimum Gasteiger partial charge on any atom is -0.384 e. The van der Waals surface area contributed by atoms with Crippen LogP contribution in [-0.2, 0) is 13.1 Å². The lowest BCUT2D eigenvalue weighted by atomic mass is 10.1. The molecule has 0 atom stereocenters. The lowest BCUT2D eigenvalue weighted by Crippen LogP contribution is -2.23. The zero-order valence-electron chi connectivity index (χ0n) is 17.7. The Morgan fingerprint density at radius 2 is 2.03 bits per heavy atom. The number of anilines is 1. The highest BCUT2D eigenvalue weighted by molar-refractivity contribution is 5.93. The predicted molar refractivity (Wildman–Crippen MR) is 120 cm³/mol. The van der Waals surface area contributed by atoms with Crippen LogP contribution < -0.4 is 11.1 Å².